The number of hydrogen-bond donors (Lipinski definition) is 0. The van der Waals surface area contributed by atoms with Crippen molar-refractivity contribution in [1.29, 1.82) is 0 Å². The lowest BCUT2D eigenvalue weighted by atomic mass is 9.98. The number of imidazole rings is 1. The van der Waals surface area contributed by atoms with Gasteiger partial charge in [0, 0.05) is 12.6 Å². The number of benzene rings is 2. The van der Waals surface area contributed by atoms with Crippen molar-refractivity contribution in [2.75, 3.05) is 7.11 Å². The van der Waals surface area contributed by atoms with Crippen molar-refractivity contribution >= 4 is 17.1 Å². The number of aryl methyl sites for hydroxylation is 2. The van der Waals surface area contributed by atoms with Crippen molar-refractivity contribution in [1.82, 2.24) is 14.5 Å². The third-order valence-electron chi connectivity index (χ3n) is 5.61. The van der Waals surface area contributed by atoms with Gasteiger partial charge in [-0.25, -0.2) is 14.8 Å². The Kier molecular flexibility index (Phi) is 6.12. The number of hydrogen-bond acceptors (Lipinski definition) is 4. The maximum absolute atomic E-state index is 12.1. The highest BCUT2D eigenvalue weighted by atomic mass is 16.5. The standard InChI is InChI=1S/C26H27N3O2/c1-4-5-10-23-28-24-18(2)15-16-27-25(24)29(23)17-19-11-13-20(14-12-19)21-8-6-7-9-22(21)26(30)31-3/h6-9,11-16H,4-5,10,17H2,1-3H3. The van der Waals surface area contributed by atoms with Gasteiger partial charge in [0.05, 0.1) is 19.2 Å². The first kappa shape index (κ1) is 20.8. The van der Waals surface area contributed by atoms with Crippen molar-refractivity contribution in [3.8, 4) is 11.1 Å². The zero-order valence-electron chi connectivity index (χ0n) is 18.3. The molecule has 0 fully saturated rings. The number of methoxy groups -OCH3 is 1. The van der Waals surface area contributed by atoms with Crippen LogP contribution >= 0.6 is 0 Å². The number of carbonyl (C=O) groups is 1. The van der Waals surface area contributed by atoms with Crippen LogP contribution in [0.1, 0.15) is 47.1 Å². The zero-order chi connectivity index (χ0) is 21.8. The third-order valence-corrected chi connectivity index (χ3v) is 5.61. The van der Waals surface area contributed by atoms with E-state index in [1.54, 1.807) is 6.07 Å². The number of esters is 1. The minimum atomic E-state index is -0.327. The van der Waals surface area contributed by atoms with Crippen LogP contribution in [0.4, 0.5) is 0 Å². The van der Waals surface area contributed by atoms with Gasteiger partial charge in [-0.05, 0) is 47.7 Å². The van der Waals surface area contributed by atoms with E-state index in [-0.39, 0.29) is 5.97 Å². The number of ether oxygens (including phenoxy) is 1. The highest BCUT2D eigenvalue weighted by Gasteiger charge is 2.15. The number of carbonyl (C=O) groups excluding carboxylic acids is 1. The summed E-state index contributed by atoms with van der Waals surface area (Å²) in [6.07, 6.45) is 5.03. The van der Waals surface area contributed by atoms with E-state index in [0.29, 0.717) is 12.1 Å². The highest BCUT2D eigenvalue weighted by Crippen LogP contribution is 2.26. The molecule has 0 aliphatic rings. The second-order valence-corrected chi connectivity index (χ2v) is 7.75. The lowest BCUT2D eigenvalue weighted by Gasteiger charge is -2.11. The topological polar surface area (TPSA) is 57.0 Å². The smallest absolute Gasteiger partial charge is 0.338 e. The van der Waals surface area contributed by atoms with Gasteiger partial charge in [-0.15, -0.1) is 0 Å². The van der Waals surface area contributed by atoms with Gasteiger partial charge < -0.3 is 9.30 Å². The predicted octanol–water partition coefficient (Wildman–Crippen LogP) is 5.58. The molecule has 0 unspecified atom stereocenters. The van der Waals surface area contributed by atoms with E-state index >= 15 is 0 Å². The minimum Gasteiger partial charge on any atom is -0.465 e. The van der Waals surface area contributed by atoms with Gasteiger partial charge in [0.2, 0.25) is 0 Å². The fraction of sp³-hybridized carbons (Fsp3) is 0.269. The summed E-state index contributed by atoms with van der Waals surface area (Å²) in [6.45, 7) is 4.99. The summed E-state index contributed by atoms with van der Waals surface area (Å²) < 4.78 is 7.16. The number of unbranched alkanes of at least 4 members (excludes halogenated alkanes) is 1. The fourth-order valence-electron chi connectivity index (χ4n) is 3.87. The summed E-state index contributed by atoms with van der Waals surface area (Å²) >= 11 is 0. The van der Waals surface area contributed by atoms with E-state index in [0.717, 1.165) is 52.9 Å². The van der Waals surface area contributed by atoms with Gasteiger partial charge >= 0.3 is 5.97 Å². The molecule has 0 aliphatic carbocycles. The Morgan fingerprint density at radius 1 is 1.06 bits per heavy atom. The van der Waals surface area contributed by atoms with Crippen LogP contribution < -0.4 is 0 Å². The van der Waals surface area contributed by atoms with Crippen LogP contribution in [-0.4, -0.2) is 27.6 Å². The van der Waals surface area contributed by atoms with Gasteiger partial charge in [0.15, 0.2) is 5.65 Å². The van der Waals surface area contributed by atoms with Gasteiger partial charge in [-0.1, -0.05) is 55.8 Å². The van der Waals surface area contributed by atoms with Crippen molar-refractivity contribution < 1.29 is 9.53 Å². The molecule has 2 heterocycles. The van der Waals surface area contributed by atoms with E-state index in [9.17, 15) is 4.79 Å². The quantitative estimate of drug-likeness (QED) is 0.371. The molecule has 0 aliphatic heterocycles. The molecule has 4 rings (SSSR count). The Balaban J connectivity index is 1.67. The molecule has 5 nitrogen and oxygen atoms in total. The number of fused-ring (bicyclic) bond motifs is 1. The molecule has 158 valence electrons. The fourth-order valence-corrected chi connectivity index (χ4v) is 3.87. The third kappa shape index (κ3) is 4.22. The molecule has 0 saturated heterocycles. The van der Waals surface area contributed by atoms with Crippen LogP contribution in [0.2, 0.25) is 0 Å². The maximum Gasteiger partial charge on any atom is 0.338 e. The maximum atomic E-state index is 12.1. The monoisotopic (exact) mass is 413 g/mol. The summed E-state index contributed by atoms with van der Waals surface area (Å²) in [7, 11) is 1.41. The van der Waals surface area contributed by atoms with Crippen LogP contribution in [0.5, 0.6) is 0 Å². The van der Waals surface area contributed by atoms with E-state index in [4.69, 9.17) is 9.72 Å². The van der Waals surface area contributed by atoms with Crippen molar-refractivity contribution in [2.24, 2.45) is 0 Å². The first-order valence-corrected chi connectivity index (χ1v) is 10.7. The number of rotatable bonds is 7. The van der Waals surface area contributed by atoms with E-state index in [2.05, 4.69) is 47.7 Å². The van der Waals surface area contributed by atoms with Crippen LogP contribution in [0, 0.1) is 6.92 Å². The molecule has 0 spiro atoms. The second-order valence-electron chi connectivity index (χ2n) is 7.75. The Bertz CT molecular complexity index is 1210. The number of nitrogens with zero attached hydrogens (tertiary/aromatic N) is 3. The molecule has 4 aromatic rings. The summed E-state index contributed by atoms with van der Waals surface area (Å²) in [5.74, 6) is 0.755. The Morgan fingerprint density at radius 3 is 2.58 bits per heavy atom. The summed E-state index contributed by atoms with van der Waals surface area (Å²) in [4.78, 5) is 21.6. The lowest BCUT2D eigenvalue weighted by molar-refractivity contribution is 0.0601. The van der Waals surface area contributed by atoms with E-state index < -0.39 is 0 Å². The van der Waals surface area contributed by atoms with Crippen molar-refractivity contribution in [2.45, 2.75) is 39.7 Å². The van der Waals surface area contributed by atoms with Gasteiger partial charge in [-0.2, -0.15) is 0 Å². The molecule has 0 saturated carbocycles. The molecule has 0 bridgehead atoms. The minimum absolute atomic E-state index is 0.327. The number of aromatic nitrogens is 3. The molecule has 5 heteroatoms. The van der Waals surface area contributed by atoms with Crippen molar-refractivity contribution in [3.05, 3.63) is 83.3 Å². The average molecular weight is 414 g/mol. The zero-order valence-corrected chi connectivity index (χ0v) is 18.3. The second kappa shape index (κ2) is 9.13. The summed E-state index contributed by atoms with van der Waals surface area (Å²) in [5.41, 5.74) is 6.66. The first-order valence-electron chi connectivity index (χ1n) is 10.7. The molecule has 0 amide bonds. The Hall–Kier alpha value is -3.47. The number of pyridine rings is 1. The highest BCUT2D eigenvalue weighted by molar-refractivity contribution is 5.97. The Morgan fingerprint density at radius 2 is 1.84 bits per heavy atom. The molecule has 0 radical (unpaired) electrons. The average Bonchev–Trinajstić information content (AvgIpc) is 3.16. The van der Waals surface area contributed by atoms with E-state index in [1.165, 1.54) is 12.7 Å². The molecule has 0 atom stereocenters. The normalized spacial score (nSPS) is 11.1. The lowest BCUT2D eigenvalue weighted by Crippen LogP contribution is -2.06. The Labute approximate surface area is 182 Å². The van der Waals surface area contributed by atoms with Crippen LogP contribution in [0.3, 0.4) is 0 Å². The molecule has 0 N–H and O–H groups in total. The van der Waals surface area contributed by atoms with Gasteiger partial charge in [-0.3, -0.25) is 0 Å². The molecular weight excluding hydrogens is 386 g/mol. The molecule has 2 aromatic heterocycles. The van der Waals surface area contributed by atoms with Crippen LogP contribution in [0.15, 0.2) is 60.8 Å². The SMILES string of the molecule is CCCCc1nc2c(C)ccnc2n1Cc1ccc(-c2ccccc2C(=O)OC)cc1. The van der Waals surface area contributed by atoms with Gasteiger partial charge in [0.1, 0.15) is 11.3 Å². The molecular formula is C26H27N3O2. The largest absolute Gasteiger partial charge is 0.465 e. The summed E-state index contributed by atoms with van der Waals surface area (Å²) in [5, 5.41) is 0. The molecule has 31 heavy (non-hydrogen) atoms. The van der Waals surface area contributed by atoms with Crippen LogP contribution in [0.25, 0.3) is 22.3 Å². The molecule has 2 aromatic carbocycles. The van der Waals surface area contributed by atoms with Gasteiger partial charge in [0.25, 0.3) is 0 Å². The summed E-state index contributed by atoms with van der Waals surface area (Å²) in [6, 6.07) is 17.9. The van der Waals surface area contributed by atoms with Crippen molar-refractivity contribution in [3.63, 3.8) is 0 Å². The van der Waals surface area contributed by atoms with E-state index in [1.807, 2.05) is 30.5 Å². The first-order chi connectivity index (χ1) is 15.1. The van der Waals surface area contributed by atoms with Crippen LogP contribution in [-0.2, 0) is 17.7 Å². The predicted molar refractivity (Wildman–Crippen MR) is 123 cm³/mol.